The zero-order chi connectivity index (χ0) is 14.5. The lowest BCUT2D eigenvalue weighted by atomic mass is 10.0. The molecule has 2 fully saturated rings. The Morgan fingerprint density at radius 3 is 2.85 bits per heavy atom. The van der Waals surface area contributed by atoms with Crippen LogP contribution >= 0.6 is 15.9 Å². The van der Waals surface area contributed by atoms with E-state index in [0.717, 1.165) is 13.0 Å². The third-order valence-electron chi connectivity index (χ3n) is 4.16. The summed E-state index contributed by atoms with van der Waals surface area (Å²) in [6.07, 6.45) is 0.871. The van der Waals surface area contributed by atoms with Crippen molar-refractivity contribution >= 4 is 26.0 Å². The van der Waals surface area contributed by atoms with Crippen molar-refractivity contribution in [1.82, 2.24) is 9.62 Å². The van der Waals surface area contributed by atoms with Gasteiger partial charge >= 0.3 is 0 Å². The third kappa shape index (κ3) is 2.20. The van der Waals surface area contributed by atoms with Crippen LogP contribution in [0.25, 0.3) is 0 Å². The molecular weight excluding hydrogens is 347 g/mol. The molecule has 1 aromatic rings. The summed E-state index contributed by atoms with van der Waals surface area (Å²) in [6.45, 7) is 3.49. The summed E-state index contributed by atoms with van der Waals surface area (Å²) in [5.41, 5.74) is 0. The van der Waals surface area contributed by atoms with E-state index in [1.54, 1.807) is 4.31 Å². The average molecular weight is 363 g/mol. The fraction of sp³-hybridized carbons (Fsp3) is 0.538. The van der Waals surface area contributed by atoms with Crippen molar-refractivity contribution in [3.05, 3.63) is 28.5 Å². The van der Waals surface area contributed by atoms with Gasteiger partial charge in [-0.2, -0.15) is 4.31 Å². The molecule has 0 aromatic heterocycles. The summed E-state index contributed by atoms with van der Waals surface area (Å²) in [4.78, 5) is 0.137. The summed E-state index contributed by atoms with van der Waals surface area (Å²) >= 11 is 3.16. The van der Waals surface area contributed by atoms with Crippen LogP contribution in [-0.4, -0.2) is 37.9 Å². The molecule has 3 atom stereocenters. The first-order valence-corrected chi connectivity index (χ1v) is 8.84. The summed E-state index contributed by atoms with van der Waals surface area (Å²) < 4.78 is 40.8. The second-order valence-corrected chi connectivity index (χ2v) is 8.15. The molecule has 3 rings (SSSR count). The zero-order valence-corrected chi connectivity index (χ0v) is 13.4. The fourth-order valence-electron chi connectivity index (χ4n) is 3.34. The molecule has 0 bridgehead atoms. The fourth-order valence-corrected chi connectivity index (χ4v) is 6.24. The Hall–Kier alpha value is -0.500. The minimum absolute atomic E-state index is 0.00644. The van der Waals surface area contributed by atoms with E-state index in [1.165, 1.54) is 18.2 Å². The van der Waals surface area contributed by atoms with Crippen LogP contribution in [0.3, 0.4) is 0 Å². The van der Waals surface area contributed by atoms with E-state index < -0.39 is 15.8 Å². The molecule has 0 radical (unpaired) electrons. The molecule has 0 saturated carbocycles. The number of halogens is 2. The van der Waals surface area contributed by atoms with Crippen LogP contribution in [0.1, 0.15) is 13.3 Å². The first-order chi connectivity index (χ1) is 9.41. The highest BCUT2D eigenvalue weighted by Crippen LogP contribution is 2.38. The SMILES string of the molecule is CC1CC2CNCC2N1S(=O)(=O)c1ccc(F)cc1Br. The van der Waals surface area contributed by atoms with E-state index in [1.807, 2.05) is 6.92 Å². The van der Waals surface area contributed by atoms with Crippen LogP contribution in [0.4, 0.5) is 4.39 Å². The third-order valence-corrected chi connectivity index (χ3v) is 7.17. The van der Waals surface area contributed by atoms with E-state index in [2.05, 4.69) is 21.2 Å². The van der Waals surface area contributed by atoms with Crippen LogP contribution < -0.4 is 5.32 Å². The number of nitrogens with zero attached hydrogens (tertiary/aromatic N) is 1. The molecule has 3 unspecified atom stereocenters. The van der Waals surface area contributed by atoms with Crippen molar-refractivity contribution in [1.29, 1.82) is 0 Å². The van der Waals surface area contributed by atoms with Crippen molar-refractivity contribution in [2.75, 3.05) is 13.1 Å². The van der Waals surface area contributed by atoms with Gasteiger partial charge in [-0.15, -0.1) is 0 Å². The van der Waals surface area contributed by atoms with Gasteiger partial charge in [-0.05, 0) is 59.9 Å². The predicted molar refractivity (Wildman–Crippen MR) is 77.4 cm³/mol. The predicted octanol–water partition coefficient (Wildman–Crippen LogP) is 1.96. The lowest BCUT2D eigenvalue weighted by molar-refractivity contribution is 0.335. The van der Waals surface area contributed by atoms with Crippen molar-refractivity contribution in [2.45, 2.75) is 30.3 Å². The Kier molecular flexibility index (Phi) is 3.64. The number of hydrogen-bond acceptors (Lipinski definition) is 3. The van der Waals surface area contributed by atoms with Crippen LogP contribution in [0.2, 0.25) is 0 Å². The van der Waals surface area contributed by atoms with Gasteiger partial charge in [0.25, 0.3) is 0 Å². The van der Waals surface area contributed by atoms with Crippen LogP contribution in [0.15, 0.2) is 27.6 Å². The highest BCUT2D eigenvalue weighted by atomic mass is 79.9. The van der Waals surface area contributed by atoms with Crippen molar-refractivity contribution < 1.29 is 12.8 Å². The summed E-state index contributed by atoms with van der Waals surface area (Å²) in [5, 5.41) is 3.24. The highest BCUT2D eigenvalue weighted by Gasteiger charge is 2.48. The number of hydrogen-bond donors (Lipinski definition) is 1. The molecule has 0 aliphatic carbocycles. The van der Waals surface area contributed by atoms with Gasteiger partial charge in [0.05, 0.1) is 4.90 Å². The Morgan fingerprint density at radius 1 is 1.40 bits per heavy atom. The average Bonchev–Trinajstić information content (AvgIpc) is 2.87. The van der Waals surface area contributed by atoms with Crippen molar-refractivity contribution in [2.24, 2.45) is 5.92 Å². The molecular formula is C13H16BrFN2O2S. The van der Waals surface area contributed by atoms with Gasteiger partial charge < -0.3 is 5.32 Å². The smallest absolute Gasteiger partial charge is 0.244 e. The van der Waals surface area contributed by atoms with Crippen molar-refractivity contribution in [3.63, 3.8) is 0 Å². The van der Waals surface area contributed by atoms with Gasteiger partial charge in [-0.3, -0.25) is 0 Å². The van der Waals surface area contributed by atoms with Gasteiger partial charge in [-0.1, -0.05) is 0 Å². The first-order valence-electron chi connectivity index (χ1n) is 6.60. The molecule has 1 N–H and O–H groups in total. The van der Waals surface area contributed by atoms with Gasteiger partial charge in [-0.25, -0.2) is 12.8 Å². The maximum Gasteiger partial charge on any atom is 0.244 e. The Balaban J connectivity index is 2.03. The second kappa shape index (κ2) is 5.05. The number of rotatable bonds is 2. The standard InChI is InChI=1S/C13H16BrFN2O2S/c1-8-4-9-6-16-7-12(9)17(8)20(18,19)13-3-2-10(15)5-11(13)14/h2-3,5,8-9,12,16H,4,6-7H2,1H3. The first kappa shape index (κ1) is 14.4. The maximum absolute atomic E-state index is 13.2. The van der Waals surface area contributed by atoms with Gasteiger partial charge in [0.2, 0.25) is 10.0 Å². The summed E-state index contributed by atoms with van der Waals surface area (Å²) in [5.74, 6) is -0.0790. The second-order valence-electron chi connectivity index (χ2n) is 5.48. The minimum Gasteiger partial charge on any atom is -0.315 e. The molecule has 2 aliphatic rings. The zero-order valence-electron chi connectivity index (χ0n) is 11.0. The van der Waals surface area contributed by atoms with Gasteiger partial charge in [0.15, 0.2) is 0 Å². The summed E-state index contributed by atoms with van der Waals surface area (Å²) in [7, 11) is -3.61. The Labute approximate surface area is 126 Å². The van der Waals surface area contributed by atoms with Crippen molar-refractivity contribution in [3.8, 4) is 0 Å². The topological polar surface area (TPSA) is 49.4 Å². The molecule has 2 saturated heterocycles. The molecule has 7 heteroatoms. The lowest BCUT2D eigenvalue weighted by Crippen LogP contribution is -2.42. The number of benzene rings is 1. The van der Waals surface area contributed by atoms with Gasteiger partial charge in [0.1, 0.15) is 5.82 Å². The maximum atomic E-state index is 13.2. The Bertz CT molecular complexity index is 637. The Morgan fingerprint density at radius 2 is 2.15 bits per heavy atom. The number of fused-ring (bicyclic) bond motifs is 1. The van der Waals surface area contributed by atoms with E-state index in [4.69, 9.17) is 0 Å². The monoisotopic (exact) mass is 362 g/mol. The number of nitrogens with one attached hydrogen (secondary N) is 1. The van der Waals surface area contributed by atoms with Crippen LogP contribution in [0, 0.1) is 11.7 Å². The molecule has 4 nitrogen and oxygen atoms in total. The quantitative estimate of drug-likeness (QED) is 0.874. The lowest BCUT2D eigenvalue weighted by Gasteiger charge is -2.27. The van der Waals surface area contributed by atoms with E-state index in [-0.39, 0.29) is 21.5 Å². The highest BCUT2D eigenvalue weighted by molar-refractivity contribution is 9.10. The normalized spacial score (nSPS) is 30.6. The largest absolute Gasteiger partial charge is 0.315 e. The molecule has 20 heavy (non-hydrogen) atoms. The molecule has 110 valence electrons. The number of sulfonamides is 1. The molecule has 1 aromatic carbocycles. The van der Waals surface area contributed by atoms with Crippen LogP contribution in [-0.2, 0) is 10.0 Å². The molecule has 2 aliphatic heterocycles. The molecule has 2 heterocycles. The molecule has 0 spiro atoms. The van der Waals surface area contributed by atoms with Crippen LogP contribution in [0.5, 0.6) is 0 Å². The summed E-state index contributed by atoms with van der Waals surface area (Å²) in [6, 6.07) is 3.69. The van der Waals surface area contributed by atoms with E-state index in [9.17, 15) is 12.8 Å². The van der Waals surface area contributed by atoms with E-state index >= 15 is 0 Å². The van der Waals surface area contributed by atoms with Gasteiger partial charge in [0, 0.05) is 23.1 Å². The molecule has 0 amide bonds. The minimum atomic E-state index is -3.61. The van der Waals surface area contributed by atoms with E-state index in [0.29, 0.717) is 12.5 Å².